The Kier molecular flexibility index (Phi) is 9.36. The van der Waals surface area contributed by atoms with Gasteiger partial charge in [0.1, 0.15) is 0 Å². The van der Waals surface area contributed by atoms with Gasteiger partial charge in [-0.15, -0.1) is 0 Å². The maximum Gasteiger partial charge on any atom is 0.220 e. The minimum absolute atomic E-state index is 0.0583. The van der Waals surface area contributed by atoms with Gasteiger partial charge in [-0.3, -0.25) is 9.00 Å². The molecule has 17 heavy (non-hydrogen) atoms. The molecule has 0 radical (unpaired) electrons. The Hall–Kier alpha value is -0.420. The molecular formula is C12H26N2O2S. The van der Waals surface area contributed by atoms with Crippen molar-refractivity contribution in [2.45, 2.75) is 33.1 Å². The number of amides is 1. The molecule has 1 amide bonds. The van der Waals surface area contributed by atoms with Crippen molar-refractivity contribution < 1.29 is 9.00 Å². The number of nitrogens with one attached hydrogen (secondary N) is 1. The van der Waals surface area contributed by atoms with E-state index < -0.39 is 10.8 Å². The van der Waals surface area contributed by atoms with E-state index in [4.69, 9.17) is 5.73 Å². The van der Waals surface area contributed by atoms with Gasteiger partial charge < -0.3 is 11.1 Å². The predicted molar refractivity (Wildman–Crippen MR) is 73.2 cm³/mol. The predicted octanol–water partition coefficient (Wildman–Crippen LogP) is 0.882. The zero-order valence-corrected chi connectivity index (χ0v) is 12.0. The van der Waals surface area contributed by atoms with Crippen molar-refractivity contribution in [1.82, 2.24) is 5.32 Å². The minimum atomic E-state index is -0.772. The van der Waals surface area contributed by atoms with Crippen LogP contribution in [0.1, 0.15) is 33.1 Å². The van der Waals surface area contributed by atoms with Gasteiger partial charge in [0.2, 0.25) is 5.91 Å². The molecule has 0 saturated carbocycles. The molecule has 0 heterocycles. The van der Waals surface area contributed by atoms with Gasteiger partial charge in [0.05, 0.1) is 0 Å². The smallest absolute Gasteiger partial charge is 0.220 e. The summed E-state index contributed by atoms with van der Waals surface area (Å²) in [5.41, 5.74) is 5.64. The van der Waals surface area contributed by atoms with Crippen LogP contribution in [0.15, 0.2) is 0 Å². The Labute approximate surface area is 107 Å². The van der Waals surface area contributed by atoms with Crippen LogP contribution >= 0.6 is 0 Å². The molecule has 2 atom stereocenters. The number of rotatable bonds is 9. The number of carbonyl (C=O) groups excluding carboxylic acids is 1. The highest BCUT2D eigenvalue weighted by atomic mass is 32.2. The highest BCUT2D eigenvalue weighted by molar-refractivity contribution is 7.84. The summed E-state index contributed by atoms with van der Waals surface area (Å²) in [6, 6.07) is 0. The molecule has 0 spiro atoms. The number of hydrogen-bond acceptors (Lipinski definition) is 3. The van der Waals surface area contributed by atoms with E-state index in [9.17, 15) is 9.00 Å². The SMILES string of the molecule is CC(C)CC(CN)CC(=O)NCCCS(C)=O. The molecule has 0 aromatic carbocycles. The van der Waals surface area contributed by atoms with Crippen LogP contribution in [0, 0.1) is 11.8 Å². The number of hydrogen-bond donors (Lipinski definition) is 2. The summed E-state index contributed by atoms with van der Waals surface area (Å²) in [4.78, 5) is 11.6. The molecule has 5 heteroatoms. The fourth-order valence-corrected chi connectivity index (χ4v) is 2.32. The zero-order chi connectivity index (χ0) is 13.3. The summed E-state index contributed by atoms with van der Waals surface area (Å²) in [6.45, 7) is 5.44. The van der Waals surface area contributed by atoms with Crippen LogP contribution in [0.2, 0.25) is 0 Å². The minimum Gasteiger partial charge on any atom is -0.356 e. The van der Waals surface area contributed by atoms with Gasteiger partial charge in [0.15, 0.2) is 0 Å². The second-order valence-corrected chi connectivity index (χ2v) is 6.47. The second-order valence-electron chi connectivity index (χ2n) is 4.92. The Morgan fingerprint density at radius 1 is 1.41 bits per heavy atom. The van der Waals surface area contributed by atoms with E-state index in [2.05, 4.69) is 19.2 Å². The van der Waals surface area contributed by atoms with Crippen molar-refractivity contribution in [3.63, 3.8) is 0 Å². The van der Waals surface area contributed by atoms with Crippen molar-refractivity contribution in [3.8, 4) is 0 Å². The van der Waals surface area contributed by atoms with Crippen LogP contribution in [-0.2, 0) is 15.6 Å². The zero-order valence-electron chi connectivity index (χ0n) is 11.2. The molecule has 0 fully saturated rings. The molecule has 0 aromatic heterocycles. The molecule has 0 bridgehead atoms. The van der Waals surface area contributed by atoms with Gasteiger partial charge in [-0.05, 0) is 31.2 Å². The first-order chi connectivity index (χ1) is 7.95. The highest BCUT2D eigenvalue weighted by Gasteiger charge is 2.13. The lowest BCUT2D eigenvalue weighted by Gasteiger charge is -2.16. The summed E-state index contributed by atoms with van der Waals surface area (Å²) in [7, 11) is -0.772. The number of nitrogens with two attached hydrogens (primary N) is 1. The van der Waals surface area contributed by atoms with Crippen LogP contribution in [0.5, 0.6) is 0 Å². The third-order valence-corrected chi connectivity index (χ3v) is 3.41. The van der Waals surface area contributed by atoms with Crippen LogP contribution in [0.4, 0.5) is 0 Å². The van der Waals surface area contributed by atoms with Crippen LogP contribution in [-0.4, -0.2) is 35.2 Å². The van der Waals surface area contributed by atoms with E-state index in [-0.39, 0.29) is 11.8 Å². The third-order valence-electron chi connectivity index (χ3n) is 2.54. The van der Waals surface area contributed by atoms with Gasteiger partial charge in [-0.25, -0.2) is 0 Å². The van der Waals surface area contributed by atoms with Gasteiger partial charge >= 0.3 is 0 Å². The van der Waals surface area contributed by atoms with Crippen LogP contribution < -0.4 is 11.1 Å². The molecule has 3 N–H and O–H groups in total. The Bertz CT molecular complexity index is 245. The Balaban J connectivity index is 3.71. The van der Waals surface area contributed by atoms with E-state index >= 15 is 0 Å². The van der Waals surface area contributed by atoms with Crippen molar-refractivity contribution in [2.24, 2.45) is 17.6 Å². The summed E-state index contributed by atoms with van der Waals surface area (Å²) in [6.07, 6.45) is 3.94. The average Bonchev–Trinajstić information content (AvgIpc) is 2.22. The molecular weight excluding hydrogens is 236 g/mol. The van der Waals surface area contributed by atoms with E-state index in [0.29, 0.717) is 31.2 Å². The Morgan fingerprint density at radius 3 is 2.53 bits per heavy atom. The molecule has 0 aliphatic heterocycles. The lowest BCUT2D eigenvalue weighted by molar-refractivity contribution is -0.122. The van der Waals surface area contributed by atoms with E-state index in [1.165, 1.54) is 0 Å². The van der Waals surface area contributed by atoms with Gasteiger partial charge in [-0.1, -0.05) is 13.8 Å². The van der Waals surface area contributed by atoms with E-state index in [1.807, 2.05) is 0 Å². The van der Waals surface area contributed by atoms with Crippen molar-refractivity contribution >= 4 is 16.7 Å². The lowest BCUT2D eigenvalue weighted by atomic mass is 9.94. The average molecular weight is 262 g/mol. The van der Waals surface area contributed by atoms with Crippen molar-refractivity contribution in [2.75, 3.05) is 25.1 Å². The Morgan fingerprint density at radius 2 is 2.06 bits per heavy atom. The molecule has 0 aromatic rings. The first kappa shape index (κ1) is 16.6. The summed E-state index contributed by atoms with van der Waals surface area (Å²) in [5, 5.41) is 2.85. The maximum atomic E-state index is 11.6. The monoisotopic (exact) mass is 262 g/mol. The lowest BCUT2D eigenvalue weighted by Crippen LogP contribution is -2.30. The first-order valence-electron chi connectivity index (χ1n) is 6.22. The highest BCUT2D eigenvalue weighted by Crippen LogP contribution is 2.13. The van der Waals surface area contributed by atoms with Gasteiger partial charge in [0.25, 0.3) is 0 Å². The largest absolute Gasteiger partial charge is 0.356 e. The topological polar surface area (TPSA) is 72.2 Å². The molecule has 4 nitrogen and oxygen atoms in total. The molecule has 0 rings (SSSR count). The molecule has 2 unspecified atom stereocenters. The fraction of sp³-hybridized carbons (Fsp3) is 0.917. The summed E-state index contributed by atoms with van der Waals surface area (Å²) < 4.78 is 10.8. The summed E-state index contributed by atoms with van der Waals surface area (Å²) >= 11 is 0. The third kappa shape index (κ3) is 10.5. The second kappa shape index (κ2) is 9.59. The first-order valence-corrected chi connectivity index (χ1v) is 7.95. The van der Waals surface area contributed by atoms with E-state index in [0.717, 1.165) is 12.8 Å². The van der Waals surface area contributed by atoms with Crippen LogP contribution in [0.25, 0.3) is 0 Å². The van der Waals surface area contributed by atoms with Gasteiger partial charge in [0, 0.05) is 35.8 Å². The summed E-state index contributed by atoms with van der Waals surface area (Å²) in [5.74, 6) is 1.55. The molecule has 102 valence electrons. The maximum absolute atomic E-state index is 11.6. The molecule has 0 aliphatic rings. The normalized spacial score (nSPS) is 14.6. The number of carbonyl (C=O) groups is 1. The quantitative estimate of drug-likeness (QED) is 0.606. The van der Waals surface area contributed by atoms with Crippen molar-refractivity contribution in [3.05, 3.63) is 0 Å². The fourth-order valence-electron chi connectivity index (χ4n) is 1.77. The van der Waals surface area contributed by atoms with E-state index in [1.54, 1.807) is 6.26 Å². The van der Waals surface area contributed by atoms with Crippen LogP contribution in [0.3, 0.4) is 0 Å². The van der Waals surface area contributed by atoms with Gasteiger partial charge in [-0.2, -0.15) is 0 Å². The molecule has 0 aliphatic carbocycles. The van der Waals surface area contributed by atoms with Crippen molar-refractivity contribution in [1.29, 1.82) is 0 Å². The molecule has 0 saturated heterocycles. The standard InChI is InChI=1S/C12H26N2O2S/c1-10(2)7-11(9-13)8-12(15)14-5-4-6-17(3)16/h10-11H,4-9,13H2,1-3H3,(H,14,15).